The van der Waals surface area contributed by atoms with Crippen molar-refractivity contribution < 1.29 is 14.2 Å². The van der Waals surface area contributed by atoms with Gasteiger partial charge in [0, 0.05) is 24.3 Å². The molecule has 1 fully saturated rings. The van der Waals surface area contributed by atoms with Gasteiger partial charge in [-0.1, -0.05) is 0 Å². The third kappa shape index (κ3) is 2.65. The topological polar surface area (TPSA) is 32.7 Å². The van der Waals surface area contributed by atoms with Crippen LogP contribution in [0.15, 0.2) is 12.1 Å². The first-order valence-electron chi connectivity index (χ1n) is 6.33. The molecule has 0 spiro atoms. The molecule has 0 amide bonds. The lowest BCUT2D eigenvalue weighted by molar-refractivity contribution is 0.0529. The maximum Gasteiger partial charge on any atom is 0.126 e. The van der Waals surface area contributed by atoms with E-state index in [0.29, 0.717) is 17.7 Å². The van der Waals surface area contributed by atoms with Gasteiger partial charge >= 0.3 is 0 Å². The van der Waals surface area contributed by atoms with Crippen LogP contribution in [0.1, 0.15) is 31.1 Å². The first kappa shape index (κ1) is 13.3. The van der Waals surface area contributed by atoms with Gasteiger partial charge in [-0.15, -0.1) is 0 Å². The summed E-state index contributed by atoms with van der Waals surface area (Å²) < 4.78 is 19.1. The van der Waals surface area contributed by atoms with Crippen LogP contribution in [0.5, 0.6) is 0 Å². The fourth-order valence-corrected chi connectivity index (χ4v) is 2.33. The van der Waals surface area contributed by atoms with Gasteiger partial charge in [0.15, 0.2) is 0 Å². The summed E-state index contributed by atoms with van der Waals surface area (Å²) in [5.74, 6) is -0.268. The van der Waals surface area contributed by atoms with Crippen LogP contribution in [0.25, 0.3) is 0 Å². The van der Waals surface area contributed by atoms with Gasteiger partial charge in [-0.2, -0.15) is 0 Å². The van der Waals surface area contributed by atoms with E-state index in [4.69, 9.17) is 4.74 Å². The summed E-state index contributed by atoms with van der Waals surface area (Å²) in [4.78, 5) is 2.16. The molecule has 0 bridgehead atoms. The van der Waals surface area contributed by atoms with Crippen molar-refractivity contribution in [3.05, 3.63) is 29.1 Å². The maximum atomic E-state index is 13.6. The monoisotopic (exact) mass is 253 g/mol. The third-order valence-electron chi connectivity index (χ3n) is 3.34. The molecule has 1 saturated heterocycles. The number of hydrogen-bond acceptors (Lipinski definition) is 3. The highest BCUT2D eigenvalue weighted by molar-refractivity contribution is 5.57. The molecule has 1 aliphatic rings. The second-order valence-corrected chi connectivity index (χ2v) is 4.96. The standard InChI is InChI=1S/C14H20FNO2/c1-9-6-14(12(11(3)17)7-13(9)15)16-4-5-18-10(2)8-16/h6-7,10-11,17H,4-5,8H2,1-3H3. The second-order valence-electron chi connectivity index (χ2n) is 4.96. The van der Waals surface area contributed by atoms with Crippen LogP contribution in [-0.2, 0) is 4.74 Å². The van der Waals surface area contributed by atoms with Gasteiger partial charge in [0.25, 0.3) is 0 Å². The summed E-state index contributed by atoms with van der Waals surface area (Å²) in [5.41, 5.74) is 2.17. The van der Waals surface area contributed by atoms with Crippen molar-refractivity contribution in [1.29, 1.82) is 0 Å². The maximum absolute atomic E-state index is 13.6. The van der Waals surface area contributed by atoms with Crippen LogP contribution in [0.2, 0.25) is 0 Å². The normalized spacial score (nSPS) is 22.1. The van der Waals surface area contributed by atoms with Crippen molar-refractivity contribution in [1.82, 2.24) is 0 Å². The van der Waals surface area contributed by atoms with Crippen LogP contribution in [-0.4, -0.2) is 30.9 Å². The number of anilines is 1. The minimum Gasteiger partial charge on any atom is -0.389 e. The van der Waals surface area contributed by atoms with Crippen LogP contribution >= 0.6 is 0 Å². The summed E-state index contributed by atoms with van der Waals surface area (Å²) in [5, 5.41) is 9.79. The second kappa shape index (κ2) is 5.24. The quantitative estimate of drug-likeness (QED) is 0.878. The van der Waals surface area contributed by atoms with Crippen LogP contribution in [0.4, 0.5) is 10.1 Å². The van der Waals surface area contributed by atoms with Gasteiger partial charge < -0.3 is 14.7 Å². The molecule has 0 radical (unpaired) electrons. The van der Waals surface area contributed by atoms with E-state index in [1.165, 1.54) is 6.07 Å². The Morgan fingerprint density at radius 3 is 2.83 bits per heavy atom. The van der Waals surface area contributed by atoms with Gasteiger partial charge in [0.2, 0.25) is 0 Å². The van der Waals surface area contributed by atoms with E-state index >= 15 is 0 Å². The molecule has 1 heterocycles. The lowest BCUT2D eigenvalue weighted by atomic mass is 10.0. The van der Waals surface area contributed by atoms with E-state index in [1.807, 2.05) is 13.0 Å². The molecule has 2 atom stereocenters. The van der Waals surface area contributed by atoms with Crippen LogP contribution in [0, 0.1) is 12.7 Å². The summed E-state index contributed by atoms with van der Waals surface area (Å²) in [7, 11) is 0. The lowest BCUT2D eigenvalue weighted by Gasteiger charge is -2.35. The number of aliphatic hydroxyl groups excluding tert-OH is 1. The van der Waals surface area contributed by atoms with Gasteiger partial charge in [0.1, 0.15) is 5.82 Å². The molecule has 3 nitrogen and oxygen atoms in total. The van der Waals surface area contributed by atoms with E-state index in [-0.39, 0.29) is 11.9 Å². The number of nitrogens with zero attached hydrogens (tertiary/aromatic N) is 1. The van der Waals surface area contributed by atoms with E-state index in [2.05, 4.69) is 4.90 Å². The van der Waals surface area contributed by atoms with Crippen molar-refractivity contribution in [2.24, 2.45) is 0 Å². The molecular weight excluding hydrogens is 233 g/mol. The molecule has 4 heteroatoms. The van der Waals surface area contributed by atoms with Gasteiger partial charge in [0.05, 0.1) is 18.8 Å². The Morgan fingerprint density at radius 1 is 1.50 bits per heavy atom. The van der Waals surface area contributed by atoms with Crippen molar-refractivity contribution in [3.63, 3.8) is 0 Å². The predicted octanol–water partition coefficient (Wildman–Crippen LogP) is 2.41. The molecule has 1 aliphatic heterocycles. The highest BCUT2D eigenvalue weighted by Gasteiger charge is 2.21. The van der Waals surface area contributed by atoms with Crippen molar-refractivity contribution >= 4 is 5.69 Å². The lowest BCUT2D eigenvalue weighted by Crippen LogP contribution is -2.41. The van der Waals surface area contributed by atoms with Gasteiger partial charge in [-0.05, 0) is 38.5 Å². The van der Waals surface area contributed by atoms with E-state index in [1.54, 1.807) is 13.8 Å². The molecule has 100 valence electrons. The number of ether oxygens (including phenoxy) is 1. The first-order chi connectivity index (χ1) is 8.49. The van der Waals surface area contributed by atoms with Crippen molar-refractivity contribution in [3.8, 4) is 0 Å². The van der Waals surface area contributed by atoms with Crippen molar-refractivity contribution in [2.75, 3.05) is 24.6 Å². The Labute approximate surface area is 107 Å². The van der Waals surface area contributed by atoms with E-state index in [9.17, 15) is 9.50 Å². The zero-order valence-electron chi connectivity index (χ0n) is 11.1. The molecular formula is C14H20FNO2. The fraction of sp³-hybridized carbons (Fsp3) is 0.571. The summed E-state index contributed by atoms with van der Waals surface area (Å²) >= 11 is 0. The minimum absolute atomic E-state index is 0.158. The molecule has 0 saturated carbocycles. The number of aliphatic hydroxyl groups is 1. The Morgan fingerprint density at radius 2 is 2.22 bits per heavy atom. The zero-order chi connectivity index (χ0) is 13.3. The summed E-state index contributed by atoms with van der Waals surface area (Å²) in [6, 6.07) is 3.25. The molecule has 18 heavy (non-hydrogen) atoms. The highest BCUT2D eigenvalue weighted by Crippen LogP contribution is 2.30. The van der Waals surface area contributed by atoms with Crippen LogP contribution in [0.3, 0.4) is 0 Å². The molecule has 2 unspecified atom stereocenters. The first-order valence-corrected chi connectivity index (χ1v) is 6.33. The van der Waals surface area contributed by atoms with Crippen molar-refractivity contribution in [2.45, 2.75) is 33.0 Å². The molecule has 1 aromatic carbocycles. The third-order valence-corrected chi connectivity index (χ3v) is 3.34. The number of halogens is 1. The number of aryl methyl sites for hydroxylation is 1. The van der Waals surface area contributed by atoms with E-state index in [0.717, 1.165) is 18.8 Å². The minimum atomic E-state index is -0.673. The Hall–Kier alpha value is -1.13. The number of hydrogen-bond donors (Lipinski definition) is 1. The molecule has 0 aliphatic carbocycles. The molecule has 2 rings (SSSR count). The SMILES string of the molecule is Cc1cc(N2CCOC(C)C2)c(C(C)O)cc1F. The Kier molecular flexibility index (Phi) is 3.88. The largest absolute Gasteiger partial charge is 0.389 e. The predicted molar refractivity (Wildman–Crippen MR) is 69.4 cm³/mol. The summed E-state index contributed by atoms with van der Waals surface area (Å²) in [6.45, 7) is 7.63. The zero-order valence-corrected chi connectivity index (χ0v) is 11.1. The Bertz CT molecular complexity index is 434. The summed E-state index contributed by atoms with van der Waals surface area (Å²) in [6.07, 6.45) is -0.515. The number of rotatable bonds is 2. The number of benzene rings is 1. The van der Waals surface area contributed by atoms with E-state index < -0.39 is 6.10 Å². The van der Waals surface area contributed by atoms with Crippen LogP contribution < -0.4 is 4.90 Å². The van der Waals surface area contributed by atoms with Gasteiger partial charge in [-0.25, -0.2) is 4.39 Å². The average molecular weight is 253 g/mol. The molecule has 1 N–H and O–H groups in total. The van der Waals surface area contributed by atoms with Gasteiger partial charge in [-0.3, -0.25) is 0 Å². The molecule has 1 aromatic rings. The number of morpholine rings is 1. The fourth-order valence-electron chi connectivity index (χ4n) is 2.33. The Balaban J connectivity index is 2.38. The smallest absolute Gasteiger partial charge is 0.126 e. The highest BCUT2D eigenvalue weighted by atomic mass is 19.1. The molecule has 0 aromatic heterocycles. The average Bonchev–Trinajstić information content (AvgIpc) is 2.31.